The Morgan fingerprint density at radius 2 is 2.07 bits per heavy atom. The van der Waals surface area contributed by atoms with Crippen molar-refractivity contribution >= 4 is 22.5 Å². The van der Waals surface area contributed by atoms with E-state index in [0.29, 0.717) is 24.1 Å². The predicted octanol–water partition coefficient (Wildman–Crippen LogP) is 2.99. The normalized spacial score (nSPS) is 16.4. The van der Waals surface area contributed by atoms with Crippen LogP contribution in [0, 0.1) is 0 Å². The Kier molecular flexibility index (Phi) is 3.34. The standard InChI is InChI=1S/C21H16N6O2/c28-21(20-24-14-6-1-2-7-17(14)29-20)26-10-8-15-18(23-12-22-15)19(26)16-11-13-5-3-4-9-27(13)25-16/h1-7,9,11-12,19H,8,10H2,(H,22,23)/t19-/m1/s1. The van der Waals surface area contributed by atoms with E-state index in [4.69, 9.17) is 9.52 Å². The Balaban J connectivity index is 1.47. The van der Waals surface area contributed by atoms with Crippen LogP contribution in [-0.2, 0) is 6.42 Å². The molecule has 1 aromatic carbocycles. The van der Waals surface area contributed by atoms with Crippen molar-refractivity contribution in [1.29, 1.82) is 0 Å². The molecule has 8 nitrogen and oxygen atoms in total. The molecule has 1 amide bonds. The number of hydrogen-bond acceptors (Lipinski definition) is 5. The van der Waals surface area contributed by atoms with Gasteiger partial charge in [-0.3, -0.25) is 4.79 Å². The van der Waals surface area contributed by atoms with Crippen molar-refractivity contribution in [3.8, 4) is 0 Å². The molecule has 6 rings (SSSR count). The van der Waals surface area contributed by atoms with Gasteiger partial charge >= 0.3 is 5.91 Å². The molecule has 5 heterocycles. The van der Waals surface area contributed by atoms with Gasteiger partial charge in [0.15, 0.2) is 5.58 Å². The average molecular weight is 384 g/mol. The smallest absolute Gasteiger partial charge is 0.310 e. The molecule has 0 saturated carbocycles. The van der Waals surface area contributed by atoms with Crippen LogP contribution in [0.4, 0.5) is 0 Å². The molecule has 0 aliphatic carbocycles. The number of rotatable bonds is 2. The predicted molar refractivity (Wildman–Crippen MR) is 104 cm³/mol. The number of hydrogen-bond donors (Lipinski definition) is 1. The number of nitrogens with zero attached hydrogens (tertiary/aromatic N) is 5. The van der Waals surface area contributed by atoms with E-state index >= 15 is 0 Å². The summed E-state index contributed by atoms with van der Waals surface area (Å²) in [5, 5.41) is 4.70. The van der Waals surface area contributed by atoms with Crippen molar-refractivity contribution in [3.05, 3.63) is 84.0 Å². The summed E-state index contributed by atoms with van der Waals surface area (Å²) in [6, 6.07) is 14.8. The second-order valence-corrected chi connectivity index (χ2v) is 7.04. The van der Waals surface area contributed by atoms with Gasteiger partial charge in [0.1, 0.15) is 11.6 Å². The number of aromatic nitrogens is 5. The van der Waals surface area contributed by atoms with E-state index in [1.54, 1.807) is 21.8 Å². The fraction of sp³-hybridized carbons (Fsp3) is 0.143. The zero-order valence-corrected chi connectivity index (χ0v) is 15.3. The number of benzene rings is 1. The van der Waals surface area contributed by atoms with Crippen molar-refractivity contribution < 1.29 is 9.21 Å². The number of amides is 1. The van der Waals surface area contributed by atoms with Crippen molar-refractivity contribution in [2.75, 3.05) is 6.54 Å². The summed E-state index contributed by atoms with van der Waals surface area (Å²) in [4.78, 5) is 27.2. The van der Waals surface area contributed by atoms with Gasteiger partial charge in [-0.25, -0.2) is 14.5 Å². The van der Waals surface area contributed by atoms with Crippen LogP contribution < -0.4 is 0 Å². The highest BCUT2D eigenvalue weighted by atomic mass is 16.4. The van der Waals surface area contributed by atoms with Crippen LogP contribution in [0.3, 0.4) is 0 Å². The summed E-state index contributed by atoms with van der Waals surface area (Å²) in [5.74, 6) is -0.184. The first-order chi connectivity index (χ1) is 14.3. The molecule has 1 N–H and O–H groups in total. The first kappa shape index (κ1) is 16.1. The lowest BCUT2D eigenvalue weighted by Gasteiger charge is -2.32. The van der Waals surface area contributed by atoms with Crippen LogP contribution in [0.15, 0.2) is 65.5 Å². The molecule has 4 aromatic heterocycles. The molecule has 29 heavy (non-hydrogen) atoms. The molecule has 1 aliphatic rings. The molecule has 0 fully saturated rings. The number of nitrogens with one attached hydrogen (secondary N) is 1. The van der Waals surface area contributed by atoms with E-state index in [0.717, 1.165) is 22.6 Å². The fourth-order valence-electron chi connectivity index (χ4n) is 3.97. The molecule has 0 radical (unpaired) electrons. The first-order valence-corrected chi connectivity index (χ1v) is 9.41. The molecule has 0 bridgehead atoms. The van der Waals surface area contributed by atoms with Gasteiger partial charge in [-0.2, -0.15) is 5.10 Å². The van der Waals surface area contributed by atoms with E-state index in [-0.39, 0.29) is 11.8 Å². The van der Waals surface area contributed by atoms with Crippen LogP contribution in [0.1, 0.15) is 33.8 Å². The molecule has 8 heteroatoms. The number of carbonyl (C=O) groups excluding carboxylic acids is 1. The van der Waals surface area contributed by atoms with E-state index in [9.17, 15) is 4.79 Å². The molecule has 1 aliphatic heterocycles. The maximum absolute atomic E-state index is 13.4. The van der Waals surface area contributed by atoms with Crippen molar-refractivity contribution in [2.24, 2.45) is 0 Å². The molecule has 5 aromatic rings. The number of aromatic amines is 1. The van der Waals surface area contributed by atoms with Crippen LogP contribution in [0.2, 0.25) is 0 Å². The maximum Gasteiger partial charge on any atom is 0.310 e. The summed E-state index contributed by atoms with van der Waals surface area (Å²) in [6.07, 6.45) is 4.24. The molecule has 0 saturated heterocycles. The molecular weight excluding hydrogens is 368 g/mol. The van der Waals surface area contributed by atoms with Crippen LogP contribution in [0.25, 0.3) is 16.6 Å². The monoisotopic (exact) mass is 384 g/mol. The number of fused-ring (bicyclic) bond motifs is 3. The van der Waals surface area contributed by atoms with E-state index in [2.05, 4.69) is 15.0 Å². The molecule has 0 unspecified atom stereocenters. The summed E-state index contributed by atoms with van der Waals surface area (Å²) < 4.78 is 7.54. The van der Waals surface area contributed by atoms with Crippen LogP contribution in [-0.4, -0.2) is 41.9 Å². The minimum atomic E-state index is -0.410. The minimum absolute atomic E-state index is 0.0824. The Morgan fingerprint density at radius 1 is 1.17 bits per heavy atom. The maximum atomic E-state index is 13.4. The molecular formula is C21H16N6O2. The second kappa shape index (κ2) is 6.03. The average Bonchev–Trinajstić information content (AvgIpc) is 3.49. The lowest BCUT2D eigenvalue weighted by Crippen LogP contribution is -2.41. The van der Waals surface area contributed by atoms with Crippen LogP contribution >= 0.6 is 0 Å². The van der Waals surface area contributed by atoms with E-state index in [1.807, 2.05) is 48.7 Å². The first-order valence-electron chi connectivity index (χ1n) is 9.41. The van der Waals surface area contributed by atoms with Gasteiger partial charge in [-0.15, -0.1) is 0 Å². The number of imidazole rings is 1. The third-order valence-corrected chi connectivity index (χ3v) is 5.33. The summed E-state index contributed by atoms with van der Waals surface area (Å²) in [6.45, 7) is 0.519. The summed E-state index contributed by atoms with van der Waals surface area (Å²) in [5.41, 5.74) is 4.81. The third-order valence-electron chi connectivity index (χ3n) is 5.33. The number of pyridine rings is 1. The van der Waals surface area contributed by atoms with Gasteiger partial charge in [-0.1, -0.05) is 18.2 Å². The van der Waals surface area contributed by atoms with E-state index < -0.39 is 6.04 Å². The highest BCUT2D eigenvalue weighted by molar-refractivity contribution is 5.93. The van der Waals surface area contributed by atoms with Gasteiger partial charge < -0.3 is 14.3 Å². The van der Waals surface area contributed by atoms with Gasteiger partial charge in [-0.05, 0) is 30.3 Å². The minimum Gasteiger partial charge on any atom is -0.432 e. The van der Waals surface area contributed by atoms with Gasteiger partial charge in [0.05, 0.1) is 23.2 Å². The number of oxazole rings is 1. The van der Waals surface area contributed by atoms with Gasteiger partial charge in [0.2, 0.25) is 0 Å². The number of para-hydroxylation sites is 2. The Morgan fingerprint density at radius 3 is 2.97 bits per heavy atom. The highest BCUT2D eigenvalue weighted by Gasteiger charge is 2.37. The zero-order chi connectivity index (χ0) is 19.4. The second-order valence-electron chi connectivity index (χ2n) is 7.04. The largest absolute Gasteiger partial charge is 0.432 e. The number of H-pyrrole nitrogens is 1. The number of carbonyl (C=O) groups is 1. The molecule has 1 atom stereocenters. The Bertz CT molecular complexity index is 1300. The lowest BCUT2D eigenvalue weighted by molar-refractivity contribution is 0.0648. The SMILES string of the molecule is O=C(c1nc2ccccc2o1)N1CCc2[nH]cnc2[C@H]1c1cc2ccccn2n1. The molecule has 142 valence electrons. The Hall–Kier alpha value is -3.94. The molecule has 0 spiro atoms. The highest BCUT2D eigenvalue weighted by Crippen LogP contribution is 2.34. The van der Waals surface area contributed by atoms with Crippen molar-refractivity contribution in [2.45, 2.75) is 12.5 Å². The van der Waals surface area contributed by atoms with Crippen molar-refractivity contribution in [3.63, 3.8) is 0 Å². The van der Waals surface area contributed by atoms with Gasteiger partial charge in [0.25, 0.3) is 5.89 Å². The van der Waals surface area contributed by atoms with Gasteiger partial charge in [0, 0.05) is 24.9 Å². The zero-order valence-electron chi connectivity index (χ0n) is 15.3. The fourth-order valence-corrected chi connectivity index (χ4v) is 3.97. The Labute approximate surface area is 164 Å². The lowest BCUT2D eigenvalue weighted by atomic mass is 9.99. The third kappa shape index (κ3) is 2.46. The quantitative estimate of drug-likeness (QED) is 0.505. The summed E-state index contributed by atoms with van der Waals surface area (Å²) >= 11 is 0. The van der Waals surface area contributed by atoms with Crippen LogP contribution in [0.5, 0.6) is 0 Å². The summed E-state index contributed by atoms with van der Waals surface area (Å²) in [7, 11) is 0. The van der Waals surface area contributed by atoms with Crippen molar-refractivity contribution in [1.82, 2.24) is 29.5 Å². The van der Waals surface area contributed by atoms with E-state index in [1.165, 1.54) is 0 Å². The topological polar surface area (TPSA) is 92.3 Å².